The first-order valence-corrected chi connectivity index (χ1v) is 12.2. The minimum absolute atomic E-state index is 0.128. The minimum atomic E-state index is -1.04. The van der Waals surface area contributed by atoms with E-state index >= 15 is 0 Å². The van der Waals surface area contributed by atoms with Crippen LogP contribution in [-0.2, 0) is 16.0 Å². The SMILES string of the molecule is CCCN1C(=O)/C(=C\c2ccc(OC(CC)C(=O)O)c(OC)c2)S/C1=N/c1nnc(CC)s1. The molecule has 0 bridgehead atoms. The van der Waals surface area contributed by atoms with Gasteiger partial charge in [0.2, 0.25) is 5.13 Å². The molecular weight excluding hydrogens is 464 g/mol. The van der Waals surface area contributed by atoms with Crippen molar-refractivity contribution >= 4 is 51.4 Å². The van der Waals surface area contributed by atoms with E-state index < -0.39 is 12.1 Å². The van der Waals surface area contributed by atoms with Crippen LogP contribution >= 0.6 is 23.1 Å². The van der Waals surface area contributed by atoms with E-state index in [1.165, 1.54) is 30.2 Å². The predicted molar refractivity (Wildman–Crippen MR) is 129 cm³/mol. The van der Waals surface area contributed by atoms with E-state index in [2.05, 4.69) is 15.2 Å². The summed E-state index contributed by atoms with van der Waals surface area (Å²) in [5, 5.41) is 19.4. The van der Waals surface area contributed by atoms with Crippen LogP contribution in [0.15, 0.2) is 28.1 Å². The number of hydrogen-bond donors (Lipinski definition) is 1. The zero-order chi connectivity index (χ0) is 24.0. The first-order chi connectivity index (χ1) is 15.9. The molecule has 1 N–H and O–H groups in total. The van der Waals surface area contributed by atoms with Gasteiger partial charge in [-0.3, -0.25) is 9.69 Å². The van der Waals surface area contributed by atoms with Gasteiger partial charge < -0.3 is 14.6 Å². The fourth-order valence-corrected chi connectivity index (χ4v) is 4.73. The summed E-state index contributed by atoms with van der Waals surface area (Å²) in [5.74, 6) is -0.447. The molecule has 1 saturated heterocycles. The number of methoxy groups -OCH3 is 1. The summed E-state index contributed by atoms with van der Waals surface area (Å²) in [6.07, 6.45) is 2.68. The molecule has 0 radical (unpaired) electrons. The minimum Gasteiger partial charge on any atom is -0.493 e. The number of hydrogen-bond acceptors (Lipinski definition) is 9. The third kappa shape index (κ3) is 5.91. The van der Waals surface area contributed by atoms with Crippen LogP contribution in [0.1, 0.15) is 44.2 Å². The monoisotopic (exact) mass is 490 g/mol. The number of aromatic nitrogens is 2. The lowest BCUT2D eigenvalue weighted by Gasteiger charge is -2.16. The standard InChI is InChI=1S/C22H26N4O5S2/c1-5-10-26-19(27)17(32-22(26)23-21-25-24-18(7-3)33-21)12-13-8-9-15(16(11-13)30-4)31-14(6-2)20(28)29/h8-9,11-12,14H,5-7,10H2,1-4H3,(H,28,29)/b17-12+,23-22+. The number of carboxylic acid groups (broad SMARTS) is 1. The second-order valence-electron chi connectivity index (χ2n) is 7.06. The Morgan fingerprint density at radius 3 is 2.67 bits per heavy atom. The van der Waals surface area contributed by atoms with Crippen molar-refractivity contribution in [2.75, 3.05) is 13.7 Å². The molecule has 11 heteroatoms. The summed E-state index contributed by atoms with van der Waals surface area (Å²) in [6.45, 7) is 6.29. The molecule has 9 nitrogen and oxygen atoms in total. The maximum Gasteiger partial charge on any atom is 0.344 e. The number of thioether (sulfide) groups is 1. The fourth-order valence-electron chi connectivity index (χ4n) is 3.01. The highest BCUT2D eigenvalue weighted by atomic mass is 32.2. The van der Waals surface area contributed by atoms with Gasteiger partial charge in [-0.1, -0.05) is 38.2 Å². The molecule has 3 rings (SSSR count). The van der Waals surface area contributed by atoms with Crippen LogP contribution in [0, 0.1) is 0 Å². The lowest BCUT2D eigenvalue weighted by molar-refractivity contribution is -0.145. The van der Waals surface area contributed by atoms with E-state index in [4.69, 9.17) is 9.47 Å². The fraction of sp³-hybridized carbons (Fsp3) is 0.409. The van der Waals surface area contributed by atoms with Gasteiger partial charge in [0, 0.05) is 6.54 Å². The van der Waals surface area contributed by atoms with E-state index in [9.17, 15) is 14.7 Å². The maximum atomic E-state index is 13.0. The molecule has 1 aliphatic rings. The van der Waals surface area contributed by atoms with Crippen LogP contribution in [0.3, 0.4) is 0 Å². The number of carbonyl (C=O) groups is 2. The molecule has 2 aromatic rings. The molecule has 1 aromatic heterocycles. The Balaban J connectivity index is 1.88. The number of nitrogens with zero attached hydrogens (tertiary/aromatic N) is 4. The molecule has 1 unspecified atom stereocenters. The summed E-state index contributed by atoms with van der Waals surface area (Å²) >= 11 is 2.69. The number of aliphatic carboxylic acids is 1. The van der Waals surface area contributed by atoms with Crippen LogP contribution < -0.4 is 9.47 Å². The van der Waals surface area contributed by atoms with Crippen LogP contribution in [0.5, 0.6) is 11.5 Å². The van der Waals surface area contributed by atoms with Gasteiger partial charge in [0.1, 0.15) is 5.01 Å². The Kier molecular flexibility index (Phi) is 8.45. The molecule has 0 spiro atoms. The Morgan fingerprint density at radius 1 is 1.27 bits per heavy atom. The average molecular weight is 491 g/mol. The third-order valence-corrected chi connectivity index (χ3v) is 6.65. The number of ether oxygens (including phenoxy) is 2. The highest BCUT2D eigenvalue weighted by Gasteiger charge is 2.33. The number of rotatable bonds is 10. The number of carboxylic acids is 1. The van der Waals surface area contributed by atoms with Gasteiger partial charge in [-0.05, 0) is 54.8 Å². The lowest BCUT2D eigenvalue weighted by atomic mass is 10.1. The third-order valence-electron chi connectivity index (χ3n) is 4.69. The Bertz CT molecular complexity index is 1080. The second-order valence-corrected chi connectivity index (χ2v) is 9.11. The van der Waals surface area contributed by atoms with Crippen molar-refractivity contribution in [1.82, 2.24) is 15.1 Å². The van der Waals surface area contributed by atoms with Gasteiger partial charge in [0.05, 0.1) is 12.0 Å². The van der Waals surface area contributed by atoms with E-state index in [0.717, 1.165) is 23.4 Å². The molecular formula is C22H26N4O5S2. The van der Waals surface area contributed by atoms with Crippen molar-refractivity contribution in [2.45, 2.75) is 46.1 Å². The van der Waals surface area contributed by atoms with Crippen molar-refractivity contribution in [3.63, 3.8) is 0 Å². The van der Waals surface area contributed by atoms with Crippen molar-refractivity contribution in [2.24, 2.45) is 4.99 Å². The molecule has 1 fully saturated rings. The Labute approximate surface area is 200 Å². The van der Waals surface area contributed by atoms with Gasteiger partial charge in [-0.15, -0.1) is 10.2 Å². The molecule has 1 aromatic carbocycles. The maximum absolute atomic E-state index is 13.0. The molecule has 0 saturated carbocycles. The van der Waals surface area contributed by atoms with Crippen molar-refractivity contribution in [3.05, 3.63) is 33.7 Å². The van der Waals surface area contributed by atoms with E-state index in [1.807, 2.05) is 13.8 Å². The quantitative estimate of drug-likeness (QED) is 0.489. The summed E-state index contributed by atoms with van der Waals surface area (Å²) < 4.78 is 11.0. The molecule has 1 amide bonds. The highest BCUT2D eigenvalue weighted by Crippen LogP contribution is 2.36. The molecule has 33 heavy (non-hydrogen) atoms. The summed E-state index contributed by atoms with van der Waals surface area (Å²) in [5.41, 5.74) is 0.723. The molecule has 176 valence electrons. The summed E-state index contributed by atoms with van der Waals surface area (Å²) in [7, 11) is 1.48. The molecule has 2 heterocycles. The Morgan fingerprint density at radius 2 is 2.06 bits per heavy atom. The number of benzene rings is 1. The lowest BCUT2D eigenvalue weighted by Crippen LogP contribution is -2.29. The van der Waals surface area contributed by atoms with Crippen molar-refractivity contribution in [3.8, 4) is 11.5 Å². The summed E-state index contributed by atoms with van der Waals surface area (Å²) in [6, 6.07) is 5.11. The van der Waals surface area contributed by atoms with Crippen LogP contribution in [-0.4, -0.2) is 57.0 Å². The van der Waals surface area contributed by atoms with E-state index in [-0.39, 0.29) is 5.91 Å². The molecule has 1 aliphatic heterocycles. The zero-order valence-electron chi connectivity index (χ0n) is 18.9. The van der Waals surface area contributed by atoms with E-state index in [1.54, 1.807) is 36.1 Å². The van der Waals surface area contributed by atoms with E-state index in [0.29, 0.717) is 39.7 Å². The van der Waals surface area contributed by atoms with Gasteiger partial charge in [-0.25, -0.2) is 4.79 Å². The van der Waals surface area contributed by atoms with Gasteiger partial charge in [0.25, 0.3) is 5.91 Å². The number of carbonyl (C=O) groups excluding carboxylic acids is 1. The van der Waals surface area contributed by atoms with Crippen molar-refractivity contribution < 1.29 is 24.2 Å². The zero-order valence-corrected chi connectivity index (χ0v) is 20.5. The second kappa shape index (κ2) is 11.3. The smallest absolute Gasteiger partial charge is 0.344 e. The largest absolute Gasteiger partial charge is 0.493 e. The van der Waals surface area contributed by atoms with Crippen LogP contribution in [0.25, 0.3) is 6.08 Å². The molecule has 1 atom stereocenters. The van der Waals surface area contributed by atoms with Gasteiger partial charge in [0.15, 0.2) is 22.8 Å². The van der Waals surface area contributed by atoms with Crippen molar-refractivity contribution in [1.29, 1.82) is 0 Å². The molecule has 0 aliphatic carbocycles. The Hall–Kier alpha value is -2.92. The first-order valence-electron chi connectivity index (χ1n) is 10.6. The number of aliphatic imine (C=N–C) groups is 1. The predicted octanol–water partition coefficient (Wildman–Crippen LogP) is 4.37. The normalized spacial score (nSPS) is 17.1. The van der Waals surface area contributed by atoms with Gasteiger partial charge in [-0.2, -0.15) is 4.99 Å². The summed E-state index contributed by atoms with van der Waals surface area (Å²) in [4.78, 5) is 31.1. The number of amides is 1. The highest BCUT2D eigenvalue weighted by molar-refractivity contribution is 8.18. The first kappa shape index (κ1) is 24.7. The van der Waals surface area contributed by atoms with Gasteiger partial charge >= 0.3 is 5.97 Å². The van der Waals surface area contributed by atoms with Crippen LogP contribution in [0.4, 0.5) is 5.13 Å². The number of aryl methyl sites for hydroxylation is 1. The topological polar surface area (TPSA) is 114 Å². The average Bonchev–Trinajstić information content (AvgIpc) is 3.38. The van der Waals surface area contributed by atoms with Crippen LogP contribution in [0.2, 0.25) is 0 Å². The number of amidine groups is 1.